The predicted octanol–water partition coefficient (Wildman–Crippen LogP) is 3.99. The van der Waals surface area contributed by atoms with Crippen LogP contribution in [-0.4, -0.2) is 48.7 Å². The maximum atomic E-state index is 12.2. The van der Waals surface area contributed by atoms with E-state index in [0.29, 0.717) is 18.3 Å². The third kappa shape index (κ3) is 6.01. The highest BCUT2D eigenvalue weighted by Gasteiger charge is 2.30. The molecule has 1 aromatic rings. The highest BCUT2D eigenvalue weighted by molar-refractivity contribution is 7.78. The van der Waals surface area contributed by atoms with E-state index in [2.05, 4.69) is 70.7 Å². The van der Waals surface area contributed by atoms with Gasteiger partial charge in [0.15, 0.2) is 0 Å². The maximum absolute atomic E-state index is 12.2. The van der Waals surface area contributed by atoms with Gasteiger partial charge in [0.2, 0.25) is 5.91 Å². The molecule has 142 valence electrons. The van der Waals surface area contributed by atoms with Crippen molar-refractivity contribution in [1.82, 2.24) is 10.2 Å². The Morgan fingerprint density at radius 1 is 1.23 bits per heavy atom. The summed E-state index contributed by atoms with van der Waals surface area (Å²) in [4.78, 5) is 18.6. The van der Waals surface area contributed by atoms with Crippen LogP contribution in [0.5, 0.6) is 0 Å². The van der Waals surface area contributed by atoms with E-state index >= 15 is 0 Å². The van der Waals surface area contributed by atoms with E-state index in [0.717, 1.165) is 52.0 Å². The van der Waals surface area contributed by atoms with Crippen LogP contribution < -0.4 is 5.32 Å². The number of hydrogen-bond acceptors (Lipinski definition) is 4. The third-order valence-electron chi connectivity index (χ3n) is 5.43. The summed E-state index contributed by atoms with van der Waals surface area (Å²) < 4.78 is 0. The van der Waals surface area contributed by atoms with Gasteiger partial charge in [-0.2, -0.15) is 0 Å². The summed E-state index contributed by atoms with van der Waals surface area (Å²) in [5, 5.41) is 5.51. The van der Waals surface area contributed by atoms with Gasteiger partial charge < -0.3 is 10.2 Å². The lowest BCUT2D eigenvalue weighted by molar-refractivity contribution is -0.121. The second-order valence-corrected chi connectivity index (χ2v) is 7.10. The zero-order valence-corrected chi connectivity index (χ0v) is 16.9. The summed E-state index contributed by atoms with van der Waals surface area (Å²) in [6, 6.07) is 8.84. The molecule has 1 aromatic carbocycles. The zero-order chi connectivity index (χ0) is 18.8. The molecule has 0 heterocycles. The van der Waals surface area contributed by atoms with Gasteiger partial charge in [-0.15, -0.1) is 0 Å². The number of carbonyl (C=O) groups excluding carboxylic acids is 1. The fraction of sp³-hybridized carbons (Fsp3) is 0.619. The molecular formula is C21H31N3OS. The van der Waals surface area contributed by atoms with Crippen molar-refractivity contribution in [2.45, 2.75) is 51.4 Å². The smallest absolute Gasteiger partial charge is 0.220 e. The molecule has 0 aliphatic heterocycles. The standard InChI is InChI=1S/C21H31N3OS/c1-3-24(4-2)14-13-23-21(25)11-10-20-18-8-5-7-17(15-18)19(20)9-6-12-22-16-26/h5,7-8,15,19-20H,3-4,6,9-14H2,1-2H3,(H,23,25). The first-order valence-corrected chi connectivity index (χ1v) is 10.2. The number of aliphatic imine (C=N–C) groups is 1. The van der Waals surface area contributed by atoms with Crippen LogP contribution >= 0.6 is 12.2 Å². The molecule has 26 heavy (non-hydrogen) atoms. The number of rotatable bonds is 12. The van der Waals surface area contributed by atoms with Crippen LogP contribution in [-0.2, 0) is 4.79 Å². The Hall–Kier alpha value is -1.55. The molecule has 1 aliphatic rings. The van der Waals surface area contributed by atoms with Gasteiger partial charge in [-0.05, 0) is 67.5 Å². The molecule has 0 fully saturated rings. The second-order valence-electron chi connectivity index (χ2n) is 6.91. The summed E-state index contributed by atoms with van der Waals surface area (Å²) in [5.74, 6) is 1.12. The molecule has 0 saturated heterocycles. The van der Waals surface area contributed by atoms with Gasteiger partial charge in [0, 0.05) is 26.1 Å². The Labute approximate surface area is 163 Å². The number of fused-ring (bicyclic) bond motifs is 2. The first-order valence-electron chi connectivity index (χ1n) is 9.82. The minimum Gasteiger partial charge on any atom is -0.355 e. The minimum atomic E-state index is 0.168. The van der Waals surface area contributed by atoms with E-state index in [9.17, 15) is 4.79 Å². The first-order chi connectivity index (χ1) is 12.7. The number of carbonyl (C=O) groups is 1. The van der Waals surface area contributed by atoms with Crippen molar-refractivity contribution in [1.29, 1.82) is 0 Å². The maximum Gasteiger partial charge on any atom is 0.220 e. The normalized spacial score (nSPS) is 18.0. The Morgan fingerprint density at radius 2 is 1.92 bits per heavy atom. The molecule has 2 unspecified atom stereocenters. The summed E-state index contributed by atoms with van der Waals surface area (Å²) in [7, 11) is 0. The largest absolute Gasteiger partial charge is 0.355 e. The summed E-state index contributed by atoms with van der Waals surface area (Å²) in [6.45, 7) is 8.76. The molecule has 2 rings (SSSR count). The molecule has 2 atom stereocenters. The van der Waals surface area contributed by atoms with E-state index < -0.39 is 0 Å². The van der Waals surface area contributed by atoms with Crippen LogP contribution in [0.3, 0.4) is 0 Å². The quantitative estimate of drug-likeness (QED) is 0.342. The van der Waals surface area contributed by atoms with E-state index in [4.69, 9.17) is 0 Å². The molecule has 1 N–H and O–H groups in total. The molecule has 1 amide bonds. The zero-order valence-electron chi connectivity index (χ0n) is 16.0. The molecule has 0 aromatic heterocycles. The number of benzene rings is 1. The Bertz CT molecular complexity index is 623. The van der Waals surface area contributed by atoms with E-state index in [1.165, 1.54) is 11.1 Å². The number of thiocarbonyl (C=S) groups is 1. The fourth-order valence-electron chi connectivity index (χ4n) is 3.92. The van der Waals surface area contributed by atoms with Gasteiger partial charge in [-0.1, -0.05) is 38.1 Å². The summed E-state index contributed by atoms with van der Waals surface area (Å²) >= 11 is 4.64. The van der Waals surface area contributed by atoms with Crippen LogP contribution in [0.25, 0.3) is 0 Å². The lowest BCUT2D eigenvalue weighted by Crippen LogP contribution is -2.34. The topological polar surface area (TPSA) is 44.7 Å². The monoisotopic (exact) mass is 373 g/mol. The van der Waals surface area contributed by atoms with Crippen LogP contribution in [0, 0.1) is 0 Å². The highest BCUT2D eigenvalue weighted by Crippen LogP contribution is 2.45. The summed E-state index contributed by atoms with van der Waals surface area (Å²) in [6.07, 6.45) is 3.60. The molecule has 4 nitrogen and oxygen atoms in total. The van der Waals surface area contributed by atoms with Crippen molar-refractivity contribution in [2.24, 2.45) is 4.99 Å². The van der Waals surface area contributed by atoms with Crippen LogP contribution in [0.4, 0.5) is 0 Å². The number of nitrogens with one attached hydrogen (secondary N) is 1. The van der Waals surface area contributed by atoms with Gasteiger partial charge in [-0.25, -0.2) is 4.99 Å². The fourth-order valence-corrected chi connectivity index (χ4v) is 4.02. The number of hydrogen-bond donors (Lipinski definition) is 1. The van der Waals surface area contributed by atoms with Gasteiger partial charge >= 0.3 is 0 Å². The van der Waals surface area contributed by atoms with E-state index in [-0.39, 0.29) is 5.91 Å². The van der Waals surface area contributed by atoms with Crippen molar-refractivity contribution < 1.29 is 4.79 Å². The Morgan fingerprint density at radius 3 is 2.58 bits per heavy atom. The third-order valence-corrected chi connectivity index (χ3v) is 5.56. The van der Waals surface area contributed by atoms with Gasteiger partial charge in [0.25, 0.3) is 0 Å². The summed E-state index contributed by atoms with van der Waals surface area (Å²) in [5.41, 5.74) is 2.78. The molecular weight excluding hydrogens is 342 g/mol. The van der Waals surface area contributed by atoms with Crippen molar-refractivity contribution in [3.63, 3.8) is 0 Å². The van der Waals surface area contributed by atoms with E-state index in [1.807, 2.05) is 0 Å². The number of isothiocyanates is 1. The molecule has 1 aliphatic carbocycles. The van der Waals surface area contributed by atoms with Crippen molar-refractivity contribution >= 4 is 23.3 Å². The van der Waals surface area contributed by atoms with Gasteiger partial charge in [0.1, 0.15) is 0 Å². The van der Waals surface area contributed by atoms with Crippen LogP contribution in [0.15, 0.2) is 29.3 Å². The van der Waals surface area contributed by atoms with Crippen molar-refractivity contribution in [3.05, 3.63) is 35.4 Å². The van der Waals surface area contributed by atoms with Crippen molar-refractivity contribution in [3.8, 4) is 0 Å². The van der Waals surface area contributed by atoms with Crippen molar-refractivity contribution in [2.75, 3.05) is 32.7 Å². The number of nitrogens with zero attached hydrogens (tertiary/aromatic N) is 2. The first kappa shape index (κ1) is 20.8. The predicted molar refractivity (Wildman–Crippen MR) is 111 cm³/mol. The molecule has 2 bridgehead atoms. The number of likely N-dealkylation sites (N-methyl/N-ethyl adjacent to an activating group) is 1. The molecule has 0 saturated carbocycles. The second kappa shape index (κ2) is 11.2. The average Bonchev–Trinajstić information content (AvgIpc) is 2.89. The number of amides is 1. The lowest BCUT2D eigenvalue weighted by atomic mass is 9.84. The van der Waals surface area contributed by atoms with Gasteiger partial charge in [0.05, 0.1) is 5.16 Å². The average molecular weight is 374 g/mol. The van der Waals surface area contributed by atoms with Gasteiger partial charge in [-0.3, -0.25) is 4.79 Å². The lowest BCUT2D eigenvalue weighted by Gasteiger charge is -2.21. The Kier molecular flexibility index (Phi) is 8.96. The molecule has 0 spiro atoms. The van der Waals surface area contributed by atoms with E-state index in [1.54, 1.807) is 0 Å². The van der Waals surface area contributed by atoms with Crippen LogP contribution in [0.2, 0.25) is 0 Å². The molecule has 0 radical (unpaired) electrons. The molecule has 5 heteroatoms. The Balaban J connectivity index is 1.80. The SMILES string of the molecule is CCN(CC)CCNC(=O)CCC1c2cccc(c2)C1CCCN=C=S. The highest BCUT2D eigenvalue weighted by atomic mass is 32.1. The van der Waals surface area contributed by atoms with Crippen LogP contribution in [0.1, 0.15) is 62.5 Å². The minimum absolute atomic E-state index is 0.168.